The molecule has 1 unspecified atom stereocenters. The second-order valence-corrected chi connectivity index (χ2v) is 18.1. The van der Waals surface area contributed by atoms with Crippen molar-refractivity contribution in [2.45, 2.75) is 309 Å². The molecule has 56 heavy (non-hydrogen) atoms. The highest BCUT2D eigenvalue weighted by molar-refractivity contribution is 4.87. The number of aromatic nitrogens is 2. The minimum Gasteiger partial charge on any atom is -1.00 e. The van der Waals surface area contributed by atoms with Crippen LogP contribution in [0.5, 0.6) is 0 Å². The largest absolute Gasteiger partial charge is 1.00 e. The Morgan fingerprint density at radius 3 is 1.05 bits per heavy atom. The van der Waals surface area contributed by atoms with Gasteiger partial charge in [0.25, 0.3) is 0 Å². The van der Waals surface area contributed by atoms with Gasteiger partial charge in [0.05, 0.1) is 6.54 Å². The van der Waals surface area contributed by atoms with Gasteiger partial charge in [0.2, 0.25) is 6.33 Å². The first-order valence-electron chi connectivity index (χ1n) is 26.0. The van der Waals surface area contributed by atoms with Crippen LogP contribution in [-0.4, -0.2) is 4.57 Å². The Morgan fingerprint density at radius 1 is 0.393 bits per heavy atom. The summed E-state index contributed by atoms with van der Waals surface area (Å²) in [5, 5.41) is 0. The molecule has 0 N–H and O–H groups in total. The van der Waals surface area contributed by atoms with Gasteiger partial charge < -0.3 is 17.0 Å². The van der Waals surface area contributed by atoms with Gasteiger partial charge in [0.15, 0.2) is 0 Å². The summed E-state index contributed by atoms with van der Waals surface area (Å²) in [6.07, 6.45) is 73.7. The van der Waals surface area contributed by atoms with E-state index in [0.717, 1.165) is 0 Å². The van der Waals surface area contributed by atoms with E-state index in [1.54, 1.807) is 0 Å². The zero-order valence-electron chi connectivity index (χ0n) is 38.8. The van der Waals surface area contributed by atoms with Crippen LogP contribution >= 0.6 is 0 Å². The molecular formula is C53H103BrN2. The van der Waals surface area contributed by atoms with E-state index in [1.807, 2.05) is 0 Å². The van der Waals surface area contributed by atoms with Gasteiger partial charge in [-0.3, -0.25) is 0 Å². The fourth-order valence-corrected chi connectivity index (χ4v) is 8.65. The highest BCUT2D eigenvalue weighted by Gasteiger charge is 2.14. The molecule has 332 valence electrons. The normalized spacial score (nSPS) is 12.2. The molecule has 1 rings (SSSR count). The van der Waals surface area contributed by atoms with E-state index in [-0.39, 0.29) is 17.0 Å². The number of allylic oxidation sites excluding steroid dienone is 2. The fraction of sp³-hybridized carbons (Fsp3) is 0.906. The van der Waals surface area contributed by atoms with Crippen LogP contribution in [0.15, 0.2) is 30.9 Å². The van der Waals surface area contributed by atoms with E-state index in [0.29, 0.717) is 6.04 Å². The van der Waals surface area contributed by atoms with Gasteiger partial charge in [-0.05, 0) is 44.6 Å². The fourth-order valence-electron chi connectivity index (χ4n) is 8.65. The van der Waals surface area contributed by atoms with Crippen molar-refractivity contribution < 1.29 is 21.5 Å². The molecule has 0 saturated carbocycles. The number of imidazole rings is 1. The predicted octanol–water partition coefficient (Wildman–Crippen LogP) is 15.7. The minimum absolute atomic E-state index is 0. The summed E-state index contributed by atoms with van der Waals surface area (Å²) in [6.45, 7) is 8.12. The zero-order valence-corrected chi connectivity index (χ0v) is 40.4. The molecular weight excluding hydrogens is 745 g/mol. The van der Waals surface area contributed by atoms with Crippen molar-refractivity contribution in [3.8, 4) is 0 Å². The molecule has 0 bridgehead atoms. The standard InChI is InChI=1S/C53H103N2.BrH/c1-4-7-10-13-16-19-21-23-25-27-29-31-33-35-37-39-42-45-48-53(55-51-50-54(52-55)49-46-43-40-18-15-12-9-6-3)47-44-41-38-36-34-32-30-28-26-24-22-20-17-14-11-8-5-2;/h44,47,50-53H,4-43,45-46,48-49H2,1-3H3;1H/q+1;/p-1/b47-44+;. The molecule has 0 aliphatic heterocycles. The van der Waals surface area contributed by atoms with Crippen molar-refractivity contribution in [3.63, 3.8) is 0 Å². The second kappa shape index (κ2) is 47.1. The Bertz CT molecular complexity index is 877. The predicted molar refractivity (Wildman–Crippen MR) is 248 cm³/mol. The Morgan fingerprint density at radius 2 is 0.696 bits per heavy atom. The molecule has 0 spiro atoms. The Labute approximate surface area is 364 Å². The van der Waals surface area contributed by atoms with Crippen molar-refractivity contribution in [2.24, 2.45) is 0 Å². The monoisotopic (exact) mass is 847 g/mol. The van der Waals surface area contributed by atoms with Crippen LogP contribution in [0, 0.1) is 0 Å². The molecule has 1 aromatic heterocycles. The van der Waals surface area contributed by atoms with E-state index in [1.165, 1.54) is 283 Å². The van der Waals surface area contributed by atoms with Crippen molar-refractivity contribution in [2.75, 3.05) is 0 Å². The van der Waals surface area contributed by atoms with Crippen LogP contribution in [0.3, 0.4) is 0 Å². The van der Waals surface area contributed by atoms with E-state index < -0.39 is 0 Å². The van der Waals surface area contributed by atoms with E-state index in [9.17, 15) is 0 Å². The maximum Gasteiger partial charge on any atom is 0.244 e. The minimum atomic E-state index is 0. The summed E-state index contributed by atoms with van der Waals surface area (Å²) < 4.78 is 4.99. The third kappa shape index (κ3) is 38.9. The van der Waals surface area contributed by atoms with Gasteiger partial charge in [-0.1, -0.05) is 264 Å². The van der Waals surface area contributed by atoms with Gasteiger partial charge >= 0.3 is 0 Å². The van der Waals surface area contributed by atoms with Crippen LogP contribution in [0.25, 0.3) is 0 Å². The molecule has 0 amide bonds. The molecule has 0 radical (unpaired) electrons. The highest BCUT2D eigenvalue weighted by Crippen LogP contribution is 2.19. The quantitative estimate of drug-likeness (QED) is 0.0351. The van der Waals surface area contributed by atoms with Crippen molar-refractivity contribution in [1.29, 1.82) is 0 Å². The number of hydrogen-bond acceptors (Lipinski definition) is 0. The molecule has 3 heteroatoms. The third-order valence-corrected chi connectivity index (χ3v) is 12.6. The Balaban J connectivity index is 0.0000302. The van der Waals surface area contributed by atoms with Crippen molar-refractivity contribution in [1.82, 2.24) is 4.57 Å². The molecule has 1 aromatic rings. The van der Waals surface area contributed by atoms with Gasteiger partial charge in [-0.2, -0.15) is 0 Å². The number of nitrogens with zero attached hydrogens (tertiary/aromatic N) is 2. The topological polar surface area (TPSA) is 8.81 Å². The molecule has 1 heterocycles. The third-order valence-electron chi connectivity index (χ3n) is 12.6. The average Bonchev–Trinajstić information content (AvgIpc) is 3.67. The lowest BCUT2D eigenvalue weighted by atomic mass is 10.0. The lowest BCUT2D eigenvalue weighted by Gasteiger charge is -2.10. The number of unbranched alkanes of at least 4 members (excludes halogenated alkanes) is 39. The molecule has 0 aliphatic carbocycles. The SMILES string of the molecule is CCCCCCCCCCCCCCCCC/C=C/C(CCCCCCCCCCCCCCCCCCCC)[n+]1ccn(CCCCCCCCCC)c1.[Br-]. The first kappa shape index (κ1) is 55.4. The van der Waals surface area contributed by atoms with Gasteiger partial charge in [0, 0.05) is 0 Å². The number of halogens is 1. The first-order chi connectivity index (χ1) is 27.3. The maximum absolute atomic E-state index is 2.57. The van der Waals surface area contributed by atoms with Gasteiger partial charge in [-0.25, -0.2) is 9.13 Å². The smallest absolute Gasteiger partial charge is 0.244 e. The van der Waals surface area contributed by atoms with Crippen molar-refractivity contribution >= 4 is 0 Å². The molecule has 0 fully saturated rings. The Hall–Kier alpha value is -0.570. The van der Waals surface area contributed by atoms with Crippen LogP contribution in [0.2, 0.25) is 0 Å². The number of hydrogen-bond donors (Lipinski definition) is 0. The lowest BCUT2D eigenvalue weighted by molar-refractivity contribution is -0.712. The summed E-state index contributed by atoms with van der Waals surface area (Å²) in [4.78, 5) is 0. The van der Waals surface area contributed by atoms with Crippen LogP contribution in [0.4, 0.5) is 0 Å². The van der Waals surface area contributed by atoms with Gasteiger partial charge in [-0.15, -0.1) is 0 Å². The number of rotatable bonds is 46. The second-order valence-electron chi connectivity index (χ2n) is 18.1. The van der Waals surface area contributed by atoms with E-state index in [2.05, 4.69) is 60.8 Å². The zero-order chi connectivity index (χ0) is 39.4. The van der Waals surface area contributed by atoms with Crippen molar-refractivity contribution in [3.05, 3.63) is 30.9 Å². The molecule has 0 aliphatic rings. The maximum atomic E-state index is 2.57. The highest BCUT2D eigenvalue weighted by atomic mass is 79.9. The molecule has 1 atom stereocenters. The summed E-state index contributed by atoms with van der Waals surface area (Å²) >= 11 is 0. The first-order valence-corrected chi connectivity index (χ1v) is 26.0. The van der Waals surface area contributed by atoms with Crippen LogP contribution < -0.4 is 21.5 Å². The molecule has 0 aromatic carbocycles. The van der Waals surface area contributed by atoms with Crippen LogP contribution in [-0.2, 0) is 6.54 Å². The summed E-state index contributed by atoms with van der Waals surface area (Å²) in [6, 6.07) is 0.525. The number of aryl methyl sites for hydroxylation is 1. The summed E-state index contributed by atoms with van der Waals surface area (Å²) in [5.74, 6) is 0. The summed E-state index contributed by atoms with van der Waals surface area (Å²) in [5.41, 5.74) is 0. The van der Waals surface area contributed by atoms with Crippen LogP contribution in [0.1, 0.15) is 303 Å². The molecule has 2 nitrogen and oxygen atoms in total. The van der Waals surface area contributed by atoms with Gasteiger partial charge in [0.1, 0.15) is 18.4 Å². The Kier molecular flexibility index (Phi) is 46.6. The van der Waals surface area contributed by atoms with E-state index in [4.69, 9.17) is 0 Å². The molecule has 0 saturated heterocycles. The average molecular weight is 848 g/mol. The summed E-state index contributed by atoms with van der Waals surface area (Å²) in [7, 11) is 0. The van der Waals surface area contributed by atoms with E-state index >= 15 is 0 Å². The lowest BCUT2D eigenvalue weighted by Crippen LogP contribution is -3.00.